The zero-order chi connectivity index (χ0) is 20.2. The molecule has 2 N–H and O–H groups in total. The molecule has 2 heterocycles. The lowest BCUT2D eigenvalue weighted by Gasteiger charge is -2.41. The molecule has 0 atom stereocenters. The Hall–Kier alpha value is -1.74. The summed E-state index contributed by atoms with van der Waals surface area (Å²) in [4.78, 5) is 28.5. The van der Waals surface area contributed by atoms with Gasteiger partial charge in [0.05, 0.1) is 0 Å². The molecule has 0 radical (unpaired) electrons. The monoisotopic (exact) mass is 420 g/mol. The van der Waals surface area contributed by atoms with Crippen molar-refractivity contribution in [3.05, 3.63) is 0 Å². The number of carbonyl (C=O) groups excluding carboxylic acids is 2. The molecule has 9 heteroatoms. The fourth-order valence-corrected chi connectivity index (χ4v) is 5.70. The Labute approximate surface area is 176 Å². The smallest absolute Gasteiger partial charge is 0.321 e. The fraction of sp³-hybridized carbons (Fsp3) is 0.800. The van der Waals surface area contributed by atoms with E-state index in [0.717, 1.165) is 69.8 Å². The van der Waals surface area contributed by atoms with Crippen LogP contribution in [0, 0.1) is 5.92 Å². The summed E-state index contributed by atoms with van der Waals surface area (Å²) in [7, 11) is 0. The standard InChI is InChI=1S/C20H32N6O2S/c1-14(27)15-6-8-17(9-7-15)25-10-12-26(13-11-25)20-24-23-19(29-20)22-18(28)21-16-4-2-3-5-16/h15-17H,2-13H2,1H3,(H2,21,22,23,28). The predicted molar refractivity (Wildman–Crippen MR) is 115 cm³/mol. The van der Waals surface area contributed by atoms with Crippen LogP contribution in [-0.2, 0) is 4.79 Å². The van der Waals surface area contributed by atoms with Crippen LogP contribution in [0.2, 0.25) is 0 Å². The number of hydrogen-bond donors (Lipinski definition) is 2. The Kier molecular flexibility index (Phi) is 6.64. The van der Waals surface area contributed by atoms with Crippen LogP contribution in [0.15, 0.2) is 0 Å². The van der Waals surface area contributed by atoms with Gasteiger partial charge in [0.25, 0.3) is 0 Å². The van der Waals surface area contributed by atoms with Gasteiger partial charge >= 0.3 is 6.03 Å². The van der Waals surface area contributed by atoms with E-state index in [1.807, 2.05) is 0 Å². The number of Topliss-reactive ketones (excluding diaryl/α,β-unsaturated/α-hetero) is 1. The van der Waals surface area contributed by atoms with Gasteiger partial charge in [0.15, 0.2) is 0 Å². The number of nitrogens with zero attached hydrogens (tertiary/aromatic N) is 4. The van der Waals surface area contributed by atoms with Crippen molar-refractivity contribution < 1.29 is 9.59 Å². The molecular weight excluding hydrogens is 388 g/mol. The summed E-state index contributed by atoms with van der Waals surface area (Å²) in [6.07, 6.45) is 8.85. The summed E-state index contributed by atoms with van der Waals surface area (Å²) in [6, 6.07) is 0.727. The number of nitrogens with one attached hydrogen (secondary N) is 2. The summed E-state index contributed by atoms with van der Waals surface area (Å²) in [6.45, 7) is 5.61. The van der Waals surface area contributed by atoms with Gasteiger partial charge in [-0.15, -0.1) is 10.2 Å². The van der Waals surface area contributed by atoms with Crippen LogP contribution in [-0.4, -0.2) is 65.2 Å². The third-order valence-corrected chi connectivity index (χ3v) is 7.60. The Morgan fingerprint density at radius 3 is 2.31 bits per heavy atom. The van der Waals surface area contributed by atoms with Crippen molar-refractivity contribution in [2.75, 3.05) is 36.4 Å². The number of amides is 2. The number of anilines is 2. The van der Waals surface area contributed by atoms with Gasteiger partial charge in [0.2, 0.25) is 10.3 Å². The summed E-state index contributed by atoms with van der Waals surface area (Å²) in [5, 5.41) is 15.7. The number of rotatable bonds is 5. The average molecular weight is 421 g/mol. The number of aromatic nitrogens is 2. The zero-order valence-corrected chi connectivity index (χ0v) is 18.0. The van der Waals surface area contributed by atoms with E-state index in [-0.39, 0.29) is 11.9 Å². The van der Waals surface area contributed by atoms with Gasteiger partial charge in [-0.1, -0.05) is 24.2 Å². The van der Waals surface area contributed by atoms with E-state index in [1.54, 1.807) is 6.92 Å². The number of piperazine rings is 1. The summed E-state index contributed by atoms with van der Waals surface area (Å²) in [5.41, 5.74) is 0. The highest BCUT2D eigenvalue weighted by Crippen LogP contribution is 2.30. The molecule has 0 unspecified atom stereocenters. The minimum Gasteiger partial charge on any atom is -0.344 e. The number of ketones is 1. The van der Waals surface area contributed by atoms with Gasteiger partial charge in [-0.2, -0.15) is 0 Å². The molecule has 3 fully saturated rings. The molecule has 29 heavy (non-hydrogen) atoms. The van der Waals surface area contributed by atoms with Gasteiger partial charge in [-0.25, -0.2) is 4.79 Å². The van der Waals surface area contributed by atoms with Crippen LogP contribution in [0.1, 0.15) is 58.3 Å². The molecule has 2 saturated carbocycles. The van der Waals surface area contributed by atoms with E-state index < -0.39 is 0 Å². The topological polar surface area (TPSA) is 90.5 Å². The summed E-state index contributed by atoms with van der Waals surface area (Å²) < 4.78 is 0. The zero-order valence-electron chi connectivity index (χ0n) is 17.2. The van der Waals surface area contributed by atoms with Crippen molar-refractivity contribution in [2.45, 2.75) is 70.4 Å². The van der Waals surface area contributed by atoms with Crippen LogP contribution in [0.4, 0.5) is 15.1 Å². The van der Waals surface area contributed by atoms with E-state index in [9.17, 15) is 9.59 Å². The van der Waals surface area contributed by atoms with Crippen molar-refractivity contribution in [3.63, 3.8) is 0 Å². The molecule has 160 valence electrons. The Bertz CT molecular complexity index is 704. The van der Waals surface area contributed by atoms with Gasteiger partial charge in [0.1, 0.15) is 5.78 Å². The first-order valence-corrected chi connectivity index (χ1v) is 11.8. The van der Waals surface area contributed by atoms with Crippen molar-refractivity contribution >= 4 is 33.4 Å². The van der Waals surface area contributed by atoms with Crippen LogP contribution >= 0.6 is 11.3 Å². The maximum Gasteiger partial charge on any atom is 0.321 e. The molecule has 1 aromatic rings. The Balaban J connectivity index is 1.22. The predicted octanol–water partition coefficient (Wildman–Crippen LogP) is 2.87. The van der Waals surface area contributed by atoms with E-state index >= 15 is 0 Å². The van der Waals surface area contributed by atoms with E-state index in [0.29, 0.717) is 23.0 Å². The second-order valence-corrected chi connectivity index (χ2v) is 9.56. The second-order valence-electron chi connectivity index (χ2n) is 8.61. The SMILES string of the molecule is CC(=O)C1CCC(N2CCN(c3nnc(NC(=O)NC4CCCC4)s3)CC2)CC1. The molecule has 4 rings (SSSR count). The molecule has 2 amide bonds. The highest BCUT2D eigenvalue weighted by Gasteiger charge is 2.30. The molecule has 8 nitrogen and oxygen atoms in total. The lowest BCUT2D eigenvalue weighted by molar-refractivity contribution is -0.122. The normalized spacial score (nSPS) is 26.4. The van der Waals surface area contributed by atoms with Crippen molar-refractivity contribution in [1.82, 2.24) is 20.4 Å². The van der Waals surface area contributed by atoms with Crippen molar-refractivity contribution in [2.24, 2.45) is 5.92 Å². The largest absolute Gasteiger partial charge is 0.344 e. The number of hydrogen-bond acceptors (Lipinski definition) is 7. The van der Waals surface area contributed by atoms with Gasteiger partial charge in [-0.3, -0.25) is 15.0 Å². The van der Waals surface area contributed by atoms with Gasteiger partial charge in [0, 0.05) is 44.2 Å². The molecule has 0 bridgehead atoms. The molecule has 1 aliphatic heterocycles. The van der Waals surface area contributed by atoms with E-state index in [2.05, 4.69) is 30.6 Å². The summed E-state index contributed by atoms with van der Waals surface area (Å²) in [5.74, 6) is 0.636. The quantitative estimate of drug-likeness (QED) is 0.761. The third-order valence-electron chi connectivity index (χ3n) is 6.70. The first kappa shape index (κ1) is 20.5. The molecule has 1 aromatic heterocycles. The lowest BCUT2D eigenvalue weighted by atomic mass is 9.83. The van der Waals surface area contributed by atoms with Crippen LogP contribution in [0.5, 0.6) is 0 Å². The van der Waals surface area contributed by atoms with Gasteiger partial charge in [-0.05, 0) is 45.4 Å². The van der Waals surface area contributed by atoms with E-state index in [1.165, 1.54) is 24.2 Å². The van der Waals surface area contributed by atoms with Crippen LogP contribution in [0.25, 0.3) is 0 Å². The number of carbonyl (C=O) groups is 2. The number of urea groups is 1. The molecule has 2 aliphatic carbocycles. The first-order valence-electron chi connectivity index (χ1n) is 11.0. The van der Waals surface area contributed by atoms with Crippen LogP contribution < -0.4 is 15.5 Å². The third kappa shape index (κ3) is 5.25. The van der Waals surface area contributed by atoms with E-state index in [4.69, 9.17) is 0 Å². The second kappa shape index (κ2) is 9.38. The van der Waals surface area contributed by atoms with Gasteiger partial charge < -0.3 is 10.2 Å². The lowest BCUT2D eigenvalue weighted by Crippen LogP contribution is -2.51. The average Bonchev–Trinajstić information content (AvgIpc) is 3.40. The van der Waals surface area contributed by atoms with Crippen molar-refractivity contribution in [1.29, 1.82) is 0 Å². The summed E-state index contributed by atoms with van der Waals surface area (Å²) >= 11 is 1.44. The van der Waals surface area contributed by atoms with Crippen LogP contribution in [0.3, 0.4) is 0 Å². The maximum atomic E-state index is 12.1. The minimum absolute atomic E-state index is 0.175. The Morgan fingerprint density at radius 1 is 0.966 bits per heavy atom. The highest BCUT2D eigenvalue weighted by molar-refractivity contribution is 7.19. The fourth-order valence-electron chi connectivity index (χ4n) is 4.91. The molecule has 3 aliphatic rings. The maximum absolute atomic E-state index is 12.1. The molecular formula is C20H32N6O2S. The molecule has 0 aromatic carbocycles. The first-order chi connectivity index (χ1) is 14.1. The highest BCUT2D eigenvalue weighted by atomic mass is 32.1. The Morgan fingerprint density at radius 2 is 1.66 bits per heavy atom. The molecule has 1 saturated heterocycles. The minimum atomic E-state index is -0.175. The van der Waals surface area contributed by atoms with Crippen molar-refractivity contribution in [3.8, 4) is 0 Å². The molecule has 0 spiro atoms.